The van der Waals surface area contributed by atoms with Gasteiger partial charge in [-0.1, -0.05) is 20.8 Å². The molecule has 0 aromatic carbocycles. The van der Waals surface area contributed by atoms with Crippen LogP contribution >= 0.6 is 0 Å². The first kappa shape index (κ1) is 11.4. The van der Waals surface area contributed by atoms with E-state index in [4.69, 9.17) is 0 Å². The number of hydrogen-bond donors (Lipinski definition) is 0. The monoisotopic (exact) mass is 209 g/mol. The molecule has 0 aromatic heterocycles. The van der Waals surface area contributed by atoms with Crippen molar-refractivity contribution in [3.8, 4) is 0 Å². The van der Waals surface area contributed by atoms with E-state index >= 15 is 0 Å². The van der Waals surface area contributed by atoms with Crippen LogP contribution in [-0.4, -0.2) is 22.5 Å². The van der Waals surface area contributed by atoms with Crippen molar-refractivity contribution in [1.29, 1.82) is 0 Å². The van der Waals surface area contributed by atoms with Crippen molar-refractivity contribution < 1.29 is 0 Å². The molecular weight excluding hydrogens is 182 g/mol. The Morgan fingerprint density at radius 3 is 2.07 bits per heavy atom. The fraction of sp³-hybridized carbons (Fsp3) is 1.00. The van der Waals surface area contributed by atoms with E-state index in [1.807, 2.05) is 0 Å². The average molecular weight is 209 g/mol. The smallest absolute Gasteiger partial charge is 0.0252 e. The van der Waals surface area contributed by atoms with Gasteiger partial charge in [-0.3, -0.25) is 4.90 Å². The van der Waals surface area contributed by atoms with Crippen molar-refractivity contribution in [3.05, 3.63) is 0 Å². The molecule has 0 aromatic rings. The van der Waals surface area contributed by atoms with Crippen LogP contribution in [0.1, 0.15) is 60.8 Å². The SMILES string of the molecule is CC(C)(C)C1CC12CCCN2C(C)(C)C. The van der Waals surface area contributed by atoms with Crippen LogP contribution in [0.4, 0.5) is 0 Å². The quantitative estimate of drug-likeness (QED) is 0.588. The Morgan fingerprint density at radius 1 is 1.07 bits per heavy atom. The van der Waals surface area contributed by atoms with Crippen LogP contribution in [0.3, 0.4) is 0 Å². The van der Waals surface area contributed by atoms with Gasteiger partial charge in [-0.05, 0) is 57.9 Å². The molecule has 0 N–H and O–H groups in total. The third kappa shape index (κ3) is 1.73. The second-order valence-electron chi connectivity index (χ2n) is 7.65. The van der Waals surface area contributed by atoms with Crippen molar-refractivity contribution in [1.82, 2.24) is 4.90 Å². The summed E-state index contributed by atoms with van der Waals surface area (Å²) in [6.45, 7) is 15.7. The van der Waals surface area contributed by atoms with E-state index < -0.39 is 0 Å². The van der Waals surface area contributed by atoms with E-state index in [0.717, 1.165) is 5.92 Å². The standard InChI is InChI=1S/C14H27N/c1-12(2,3)11-10-14(11)8-7-9-15(14)13(4,5)6/h11H,7-10H2,1-6H3. The van der Waals surface area contributed by atoms with Crippen molar-refractivity contribution in [2.75, 3.05) is 6.54 Å². The van der Waals surface area contributed by atoms with Crippen molar-refractivity contribution in [3.63, 3.8) is 0 Å². The van der Waals surface area contributed by atoms with Gasteiger partial charge in [-0.2, -0.15) is 0 Å². The lowest BCUT2D eigenvalue weighted by Gasteiger charge is -2.39. The normalized spacial score (nSPS) is 37.6. The van der Waals surface area contributed by atoms with Crippen LogP contribution in [0.25, 0.3) is 0 Å². The summed E-state index contributed by atoms with van der Waals surface area (Å²) in [6, 6.07) is 0. The maximum atomic E-state index is 2.79. The van der Waals surface area contributed by atoms with Crippen molar-refractivity contribution >= 4 is 0 Å². The first-order valence-corrected chi connectivity index (χ1v) is 6.46. The van der Waals surface area contributed by atoms with Gasteiger partial charge in [-0.15, -0.1) is 0 Å². The Morgan fingerprint density at radius 2 is 1.67 bits per heavy atom. The van der Waals surface area contributed by atoms with Crippen LogP contribution in [0.5, 0.6) is 0 Å². The molecule has 1 heterocycles. The molecule has 15 heavy (non-hydrogen) atoms. The molecule has 2 rings (SSSR count). The van der Waals surface area contributed by atoms with E-state index in [1.54, 1.807) is 0 Å². The van der Waals surface area contributed by atoms with E-state index in [0.29, 0.717) is 16.5 Å². The lowest BCUT2D eigenvalue weighted by molar-refractivity contribution is 0.0823. The van der Waals surface area contributed by atoms with Crippen LogP contribution in [0.2, 0.25) is 0 Å². The second kappa shape index (κ2) is 3.00. The van der Waals surface area contributed by atoms with Crippen molar-refractivity contribution in [2.45, 2.75) is 71.9 Å². The highest BCUT2D eigenvalue weighted by atomic mass is 15.3. The molecule has 2 fully saturated rings. The Hall–Kier alpha value is -0.0400. The van der Waals surface area contributed by atoms with Gasteiger partial charge in [0.1, 0.15) is 0 Å². The molecule has 1 spiro atoms. The first-order chi connectivity index (χ1) is 6.68. The van der Waals surface area contributed by atoms with Gasteiger partial charge >= 0.3 is 0 Å². The molecule has 1 heteroatoms. The number of nitrogens with zero attached hydrogens (tertiary/aromatic N) is 1. The van der Waals surface area contributed by atoms with Gasteiger partial charge < -0.3 is 0 Å². The molecule has 0 radical (unpaired) electrons. The first-order valence-electron chi connectivity index (χ1n) is 6.46. The third-order valence-corrected chi connectivity index (χ3v) is 4.43. The Bertz CT molecular complexity index is 255. The van der Waals surface area contributed by atoms with Gasteiger partial charge in [0.25, 0.3) is 0 Å². The van der Waals surface area contributed by atoms with Gasteiger partial charge in [-0.25, -0.2) is 0 Å². The Balaban J connectivity index is 2.18. The molecule has 1 aliphatic carbocycles. The Kier molecular flexibility index (Phi) is 2.29. The fourth-order valence-electron chi connectivity index (χ4n) is 3.89. The summed E-state index contributed by atoms with van der Waals surface area (Å²) in [7, 11) is 0. The summed E-state index contributed by atoms with van der Waals surface area (Å²) in [5.74, 6) is 0.923. The molecule has 0 bridgehead atoms. The fourth-order valence-corrected chi connectivity index (χ4v) is 3.89. The predicted molar refractivity (Wildman–Crippen MR) is 66.0 cm³/mol. The summed E-state index contributed by atoms with van der Waals surface area (Å²) in [5.41, 5.74) is 1.43. The molecule has 0 amide bonds. The topological polar surface area (TPSA) is 3.24 Å². The van der Waals surface area contributed by atoms with Crippen LogP contribution in [0, 0.1) is 11.3 Å². The largest absolute Gasteiger partial charge is 0.293 e. The zero-order valence-corrected chi connectivity index (χ0v) is 11.4. The average Bonchev–Trinajstić information content (AvgIpc) is 2.50. The number of hydrogen-bond acceptors (Lipinski definition) is 1. The van der Waals surface area contributed by atoms with Gasteiger partial charge in [0.2, 0.25) is 0 Å². The minimum Gasteiger partial charge on any atom is -0.293 e. The molecular formula is C14H27N. The minimum atomic E-state index is 0.358. The highest BCUT2D eigenvalue weighted by Crippen LogP contribution is 2.63. The molecule has 2 unspecified atom stereocenters. The van der Waals surface area contributed by atoms with E-state index in [9.17, 15) is 0 Å². The van der Waals surface area contributed by atoms with Gasteiger partial charge in [0.05, 0.1) is 0 Å². The van der Waals surface area contributed by atoms with E-state index in [-0.39, 0.29) is 0 Å². The van der Waals surface area contributed by atoms with Gasteiger partial charge in [0.15, 0.2) is 0 Å². The molecule has 1 saturated carbocycles. The molecule has 2 atom stereocenters. The predicted octanol–water partition coefficient (Wildman–Crippen LogP) is 3.69. The molecule has 2 aliphatic rings. The lowest BCUT2D eigenvalue weighted by Crippen LogP contribution is -2.47. The lowest BCUT2D eigenvalue weighted by atomic mass is 9.86. The third-order valence-electron chi connectivity index (χ3n) is 4.43. The zero-order chi connectivity index (χ0) is 11.5. The molecule has 1 nitrogen and oxygen atoms in total. The minimum absolute atomic E-state index is 0.358. The van der Waals surface area contributed by atoms with Crippen LogP contribution in [0.15, 0.2) is 0 Å². The summed E-state index contributed by atoms with van der Waals surface area (Å²) < 4.78 is 0. The molecule has 88 valence electrons. The molecule has 1 saturated heterocycles. The summed E-state index contributed by atoms with van der Waals surface area (Å²) in [4.78, 5) is 2.79. The summed E-state index contributed by atoms with van der Waals surface area (Å²) >= 11 is 0. The number of rotatable bonds is 0. The molecule has 1 aliphatic heterocycles. The second-order valence-corrected chi connectivity index (χ2v) is 7.65. The maximum absolute atomic E-state index is 2.79. The van der Waals surface area contributed by atoms with Crippen LogP contribution < -0.4 is 0 Å². The van der Waals surface area contributed by atoms with Crippen LogP contribution in [-0.2, 0) is 0 Å². The summed E-state index contributed by atoms with van der Waals surface area (Å²) in [5, 5.41) is 0. The van der Waals surface area contributed by atoms with E-state index in [1.165, 1.54) is 25.8 Å². The maximum Gasteiger partial charge on any atom is 0.0252 e. The number of likely N-dealkylation sites (tertiary alicyclic amines) is 1. The Labute approximate surface area is 95.2 Å². The highest BCUT2D eigenvalue weighted by molar-refractivity contribution is 5.19. The van der Waals surface area contributed by atoms with E-state index in [2.05, 4.69) is 46.4 Å². The van der Waals surface area contributed by atoms with Crippen molar-refractivity contribution in [2.24, 2.45) is 11.3 Å². The highest BCUT2D eigenvalue weighted by Gasteiger charge is 2.64. The summed E-state index contributed by atoms with van der Waals surface area (Å²) in [6.07, 6.45) is 4.28. The zero-order valence-electron chi connectivity index (χ0n) is 11.4. The van der Waals surface area contributed by atoms with Gasteiger partial charge in [0, 0.05) is 11.1 Å².